The van der Waals surface area contributed by atoms with Gasteiger partial charge < -0.3 is 9.84 Å². The highest BCUT2D eigenvalue weighted by molar-refractivity contribution is 6.29. The summed E-state index contributed by atoms with van der Waals surface area (Å²) in [5.74, 6) is 0.572. The zero-order valence-corrected chi connectivity index (χ0v) is 9.42. The van der Waals surface area contributed by atoms with Crippen molar-refractivity contribution in [3.8, 4) is 5.88 Å². The lowest BCUT2D eigenvalue weighted by atomic mass is 9.98. The molecule has 0 radical (unpaired) electrons. The van der Waals surface area contributed by atoms with Crippen molar-refractivity contribution in [3.05, 3.63) is 22.8 Å². The molecule has 1 heterocycles. The fourth-order valence-corrected chi connectivity index (χ4v) is 1.87. The Morgan fingerprint density at radius 2 is 2.27 bits per heavy atom. The molecule has 0 bridgehead atoms. The molecule has 0 aliphatic heterocycles. The molecule has 0 spiro atoms. The first kappa shape index (κ1) is 10.7. The molecule has 3 nitrogen and oxygen atoms in total. The molecule has 0 aromatic carbocycles. The second-order valence-corrected chi connectivity index (χ2v) is 4.52. The highest BCUT2D eigenvalue weighted by Crippen LogP contribution is 2.48. The third kappa shape index (κ3) is 2.24. The Morgan fingerprint density at radius 1 is 1.53 bits per heavy atom. The molecule has 1 fully saturated rings. The van der Waals surface area contributed by atoms with Gasteiger partial charge in [0.25, 0.3) is 0 Å². The van der Waals surface area contributed by atoms with Gasteiger partial charge in [-0.05, 0) is 30.7 Å². The van der Waals surface area contributed by atoms with Crippen molar-refractivity contribution in [2.24, 2.45) is 5.41 Å². The first-order chi connectivity index (χ1) is 7.19. The highest BCUT2D eigenvalue weighted by Gasteiger charge is 2.42. The number of pyridine rings is 1. The molecule has 0 atom stereocenters. The molecule has 0 unspecified atom stereocenters. The predicted molar refractivity (Wildman–Crippen MR) is 58.3 cm³/mol. The van der Waals surface area contributed by atoms with Gasteiger partial charge in [0.05, 0.1) is 7.11 Å². The van der Waals surface area contributed by atoms with Crippen molar-refractivity contribution in [1.82, 2.24) is 4.98 Å². The number of aromatic nitrogens is 1. The number of aliphatic hydroxyl groups excluding tert-OH is 1. The summed E-state index contributed by atoms with van der Waals surface area (Å²) < 4.78 is 5.17. The van der Waals surface area contributed by atoms with Crippen LogP contribution >= 0.6 is 11.6 Å². The van der Waals surface area contributed by atoms with Crippen LogP contribution in [0.4, 0.5) is 0 Å². The Labute approximate surface area is 94.0 Å². The largest absolute Gasteiger partial charge is 0.481 e. The number of hydrogen-bond donors (Lipinski definition) is 1. The SMILES string of the molecule is COc1nc(Cl)ccc1CC1(CO)CC1. The minimum Gasteiger partial charge on any atom is -0.481 e. The maximum absolute atomic E-state index is 9.25. The standard InChI is InChI=1S/C11H14ClNO2/c1-15-10-8(2-3-9(12)13-10)6-11(7-14)4-5-11/h2-3,14H,4-7H2,1H3. The fraction of sp³-hybridized carbons (Fsp3) is 0.545. The lowest BCUT2D eigenvalue weighted by Crippen LogP contribution is -2.11. The van der Waals surface area contributed by atoms with Gasteiger partial charge in [-0.3, -0.25) is 0 Å². The summed E-state index contributed by atoms with van der Waals surface area (Å²) in [4.78, 5) is 4.10. The molecule has 0 amide bonds. The smallest absolute Gasteiger partial charge is 0.217 e. The number of halogens is 1. The number of nitrogens with zero attached hydrogens (tertiary/aromatic N) is 1. The van der Waals surface area contributed by atoms with Gasteiger partial charge in [0, 0.05) is 12.2 Å². The summed E-state index contributed by atoms with van der Waals surface area (Å²) in [6.07, 6.45) is 2.97. The maximum Gasteiger partial charge on any atom is 0.217 e. The average molecular weight is 228 g/mol. The van der Waals surface area contributed by atoms with E-state index in [-0.39, 0.29) is 12.0 Å². The summed E-state index contributed by atoms with van der Waals surface area (Å²) in [7, 11) is 1.58. The number of methoxy groups -OCH3 is 1. The number of aliphatic hydroxyl groups is 1. The first-order valence-corrected chi connectivity index (χ1v) is 5.37. The van der Waals surface area contributed by atoms with Gasteiger partial charge in [-0.15, -0.1) is 0 Å². The fourth-order valence-electron chi connectivity index (χ4n) is 1.73. The maximum atomic E-state index is 9.25. The Bertz CT molecular complexity index is 364. The van der Waals surface area contributed by atoms with Crippen molar-refractivity contribution in [3.63, 3.8) is 0 Å². The van der Waals surface area contributed by atoms with Crippen LogP contribution in [0.1, 0.15) is 18.4 Å². The van der Waals surface area contributed by atoms with Gasteiger partial charge in [-0.25, -0.2) is 4.98 Å². The molecule has 1 aliphatic carbocycles. The van der Waals surface area contributed by atoms with Crippen LogP contribution in [-0.4, -0.2) is 23.8 Å². The minimum atomic E-state index is 0.0722. The van der Waals surface area contributed by atoms with Gasteiger partial charge >= 0.3 is 0 Å². The van der Waals surface area contributed by atoms with Crippen LogP contribution in [0.2, 0.25) is 5.15 Å². The Balaban J connectivity index is 2.20. The van der Waals surface area contributed by atoms with Crippen LogP contribution in [0.3, 0.4) is 0 Å². The summed E-state index contributed by atoms with van der Waals surface area (Å²) in [5, 5.41) is 9.68. The van der Waals surface area contributed by atoms with E-state index < -0.39 is 0 Å². The van der Waals surface area contributed by atoms with Crippen molar-refractivity contribution in [2.45, 2.75) is 19.3 Å². The highest BCUT2D eigenvalue weighted by atomic mass is 35.5. The third-order valence-corrected chi connectivity index (χ3v) is 3.17. The Morgan fingerprint density at radius 3 is 2.80 bits per heavy atom. The van der Waals surface area contributed by atoms with Crippen LogP contribution in [0.5, 0.6) is 5.88 Å². The number of ether oxygens (including phenoxy) is 1. The molecule has 4 heteroatoms. The number of rotatable bonds is 4. The molecular formula is C11H14ClNO2. The van der Waals surface area contributed by atoms with Crippen LogP contribution in [0.15, 0.2) is 12.1 Å². The van der Waals surface area contributed by atoms with E-state index in [0.717, 1.165) is 24.8 Å². The molecular weight excluding hydrogens is 214 g/mol. The topological polar surface area (TPSA) is 42.4 Å². The average Bonchev–Trinajstić information content (AvgIpc) is 3.01. The molecule has 1 saturated carbocycles. The molecule has 1 N–H and O–H groups in total. The lowest BCUT2D eigenvalue weighted by molar-refractivity contribution is 0.210. The van der Waals surface area contributed by atoms with Crippen molar-refractivity contribution < 1.29 is 9.84 Å². The summed E-state index contributed by atoms with van der Waals surface area (Å²) >= 11 is 5.78. The predicted octanol–water partition coefficient (Wildman–Crippen LogP) is 2.06. The second-order valence-electron chi connectivity index (χ2n) is 4.14. The van der Waals surface area contributed by atoms with Gasteiger partial charge in [-0.2, -0.15) is 0 Å². The van der Waals surface area contributed by atoms with Crippen LogP contribution in [-0.2, 0) is 6.42 Å². The lowest BCUT2D eigenvalue weighted by Gasteiger charge is -2.13. The van der Waals surface area contributed by atoms with E-state index in [1.54, 1.807) is 13.2 Å². The third-order valence-electron chi connectivity index (χ3n) is 2.96. The van der Waals surface area contributed by atoms with Crippen LogP contribution in [0.25, 0.3) is 0 Å². The monoisotopic (exact) mass is 227 g/mol. The van der Waals surface area contributed by atoms with Gasteiger partial charge in [0.1, 0.15) is 5.15 Å². The normalized spacial score (nSPS) is 17.5. The van der Waals surface area contributed by atoms with Gasteiger partial charge in [-0.1, -0.05) is 17.7 Å². The molecule has 15 heavy (non-hydrogen) atoms. The first-order valence-electron chi connectivity index (χ1n) is 4.99. The second kappa shape index (κ2) is 3.99. The van der Waals surface area contributed by atoms with Crippen molar-refractivity contribution >= 4 is 11.6 Å². The molecule has 1 aliphatic rings. The Kier molecular flexibility index (Phi) is 2.85. The molecule has 2 rings (SSSR count). The number of hydrogen-bond acceptors (Lipinski definition) is 3. The van der Waals surface area contributed by atoms with Crippen LogP contribution in [0, 0.1) is 5.41 Å². The van der Waals surface area contributed by atoms with Crippen molar-refractivity contribution in [2.75, 3.05) is 13.7 Å². The van der Waals surface area contributed by atoms with Crippen LogP contribution < -0.4 is 4.74 Å². The Hall–Kier alpha value is -0.800. The zero-order valence-electron chi connectivity index (χ0n) is 8.66. The summed E-state index contributed by atoms with van der Waals surface area (Å²) in [5.41, 5.74) is 1.09. The molecule has 1 aromatic heterocycles. The van der Waals surface area contributed by atoms with E-state index in [9.17, 15) is 5.11 Å². The molecule has 0 saturated heterocycles. The van der Waals surface area contributed by atoms with Crippen molar-refractivity contribution in [1.29, 1.82) is 0 Å². The molecule has 1 aromatic rings. The van der Waals surface area contributed by atoms with E-state index in [0.29, 0.717) is 11.0 Å². The summed E-state index contributed by atoms with van der Waals surface area (Å²) in [6, 6.07) is 3.68. The molecule has 82 valence electrons. The summed E-state index contributed by atoms with van der Waals surface area (Å²) in [6.45, 7) is 0.235. The minimum absolute atomic E-state index is 0.0722. The van der Waals surface area contributed by atoms with E-state index in [1.165, 1.54) is 0 Å². The van der Waals surface area contributed by atoms with E-state index >= 15 is 0 Å². The van der Waals surface area contributed by atoms with Gasteiger partial charge in [0.15, 0.2) is 0 Å². The van der Waals surface area contributed by atoms with E-state index in [1.807, 2.05) is 6.07 Å². The quantitative estimate of drug-likeness (QED) is 0.801. The van der Waals surface area contributed by atoms with Gasteiger partial charge in [0.2, 0.25) is 5.88 Å². The zero-order chi connectivity index (χ0) is 10.9. The van der Waals surface area contributed by atoms with E-state index in [4.69, 9.17) is 16.3 Å². The van der Waals surface area contributed by atoms with E-state index in [2.05, 4.69) is 4.98 Å².